The van der Waals surface area contributed by atoms with E-state index in [1.807, 2.05) is 24.3 Å². The van der Waals surface area contributed by atoms with Crippen molar-refractivity contribution in [3.8, 4) is 17.0 Å². The van der Waals surface area contributed by atoms with Gasteiger partial charge < -0.3 is 9.47 Å². The van der Waals surface area contributed by atoms with Gasteiger partial charge in [-0.25, -0.2) is 0 Å². The molecule has 0 amide bonds. The van der Waals surface area contributed by atoms with Crippen LogP contribution in [-0.2, 0) is 17.3 Å². The molecule has 1 saturated heterocycles. The molecule has 2 aromatic carbocycles. The van der Waals surface area contributed by atoms with Crippen molar-refractivity contribution in [1.82, 2.24) is 14.9 Å². The lowest BCUT2D eigenvalue weighted by molar-refractivity contribution is -0.137. The molecule has 0 radical (unpaired) electrons. The van der Waals surface area contributed by atoms with Crippen molar-refractivity contribution < 1.29 is 22.6 Å². The molecule has 0 unspecified atom stereocenters. The summed E-state index contributed by atoms with van der Waals surface area (Å²) in [5.74, 6) is 0.824. The Morgan fingerprint density at radius 2 is 1.88 bits per heavy atom. The van der Waals surface area contributed by atoms with E-state index in [2.05, 4.69) is 14.9 Å². The summed E-state index contributed by atoms with van der Waals surface area (Å²) in [5.41, 5.74) is 1.85. The first-order valence-electron chi connectivity index (χ1n) is 10.4. The average molecular weight is 443 g/mol. The van der Waals surface area contributed by atoms with Crippen LogP contribution in [0.1, 0.15) is 22.9 Å². The van der Waals surface area contributed by atoms with Crippen LogP contribution in [0.25, 0.3) is 11.3 Å². The van der Waals surface area contributed by atoms with Gasteiger partial charge in [-0.3, -0.25) is 14.9 Å². The van der Waals surface area contributed by atoms with Crippen LogP contribution < -0.4 is 4.74 Å². The predicted octanol–water partition coefficient (Wildman–Crippen LogP) is 4.79. The highest BCUT2D eigenvalue weighted by Gasteiger charge is 2.31. The summed E-state index contributed by atoms with van der Waals surface area (Å²) in [5, 5.41) is 0. The van der Waals surface area contributed by atoms with Crippen molar-refractivity contribution >= 4 is 0 Å². The zero-order valence-corrected chi connectivity index (χ0v) is 17.7. The smallest absolute Gasteiger partial charge is 0.416 e. The summed E-state index contributed by atoms with van der Waals surface area (Å²) in [6.45, 7) is 2.74. The number of rotatable bonds is 6. The van der Waals surface area contributed by atoms with Crippen molar-refractivity contribution in [2.75, 3.05) is 33.4 Å². The molecule has 0 spiro atoms. The van der Waals surface area contributed by atoms with Crippen LogP contribution in [0.3, 0.4) is 0 Å². The predicted molar refractivity (Wildman–Crippen MR) is 114 cm³/mol. The van der Waals surface area contributed by atoms with E-state index in [0.717, 1.165) is 37.4 Å². The Morgan fingerprint density at radius 1 is 1.09 bits per heavy atom. The third-order valence-corrected chi connectivity index (χ3v) is 5.52. The molecule has 2 heterocycles. The molecular formula is C24H24F3N3O2. The van der Waals surface area contributed by atoms with Gasteiger partial charge in [-0.1, -0.05) is 24.3 Å². The van der Waals surface area contributed by atoms with Crippen molar-refractivity contribution in [2.45, 2.75) is 18.7 Å². The normalized spacial score (nSPS) is 17.3. The molecule has 32 heavy (non-hydrogen) atoms. The molecule has 168 valence electrons. The highest BCUT2D eigenvalue weighted by Crippen LogP contribution is 2.34. The largest absolute Gasteiger partial charge is 0.497 e. The van der Waals surface area contributed by atoms with Crippen LogP contribution in [-0.4, -0.2) is 48.2 Å². The summed E-state index contributed by atoms with van der Waals surface area (Å²) in [6.07, 6.45) is -0.872. The minimum absolute atomic E-state index is 0.363. The van der Waals surface area contributed by atoms with Gasteiger partial charge in [0.05, 0.1) is 30.7 Å². The Balaban J connectivity index is 1.49. The van der Waals surface area contributed by atoms with Crippen LogP contribution in [0.15, 0.2) is 60.9 Å². The van der Waals surface area contributed by atoms with Gasteiger partial charge in [-0.05, 0) is 36.2 Å². The molecule has 1 atom stereocenters. The highest BCUT2D eigenvalue weighted by molar-refractivity contribution is 5.63. The molecule has 0 aliphatic carbocycles. The lowest BCUT2D eigenvalue weighted by Gasteiger charge is -2.33. The number of aromatic nitrogens is 2. The van der Waals surface area contributed by atoms with Gasteiger partial charge in [-0.2, -0.15) is 13.2 Å². The first-order valence-corrected chi connectivity index (χ1v) is 10.4. The molecule has 0 saturated carbocycles. The molecule has 4 rings (SSSR count). The number of hydrogen-bond acceptors (Lipinski definition) is 5. The van der Waals surface area contributed by atoms with Crippen LogP contribution in [0.5, 0.6) is 5.75 Å². The second-order valence-corrected chi connectivity index (χ2v) is 7.63. The minimum Gasteiger partial charge on any atom is -0.497 e. The lowest BCUT2D eigenvalue weighted by atomic mass is 10.0. The van der Waals surface area contributed by atoms with Crippen LogP contribution in [0, 0.1) is 0 Å². The molecule has 1 aromatic heterocycles. The number of morpholine rings is 1. The van der Waals surface area contributed by atoms with E-state index in [1.165, 1.54) is 17.8 Å². The van der Waals surface area contributed by atoms with Crippen molar-refractivity contribution in [2.24, 2.45) is 0 Å². The van der Waals surface area contributed by atoms with Crippen molar-refractivity contribution in [3.05, 3.63) is 77.7 Å². The van der Waals surface area contributed by atoms with Gasteiger partial charge in [0.2, 0.25) is 0 Å². The minimum atomic E-state index is -4.42. The zero-order chi connectivity index (χ0) is 22.6. The topological polar surface area (TPSA) is 47.5 Å². The molecule has 1 fully saturated rings. The maximum Gasteiger partial charge on any atom is 0.416 e. The molecule has 8 heteroatoms. The van der Waals surface area contributed by atoms with Gasteiger partial charge >= 0.3 is 6.18 Å². The highest BCUT2D eigenvalue weighted by atomic mass is 19.4. The van der Waals surface area contributed by atoms with Crippen molar-refractivity contribution in [1.29, 1.82) is 0 Å². The first kappa shape index (κ1) is 22.2. The summed E-state index contributed by atoms with van der Waals surface area (Å²) in [6, 6.07) is 13.1. The number of nitrogens with zero attached hydrogens (tertiary/aromatic N) is 3. The van der Waals surface area contributed by atoms with E-state index < -0.39 is 11.7 Å². The average Bonchev–Trinajstić information content (AvgIpc) is 2.83. The quantitative estimate of drug-likeness (QED) is 0.549. The Hall–Kier alpha value is -2.97. The van der Waals surface area contributed by atoms with E-state index >= 15 is 0 Å². The molecule has 0 N–H and O–H groups in total. The van der Waals surface area contributed by atoms with Crippen molar-refractivity contribution in [3.63, 3.8) is 0 Å². The summed E-state index contributed by atoms with van der Waals surface area (Å²) >= 11 is 0. The van der Waals surface area contributed by atoms with Crippen LogP contribution >= 0.6 is 0 Å². The second-order valence-electron chi connectivity index (χ2n) is 7.63. The summed E-state index contributed by atoms with van der Waals surface area (Å²) in [4.78, 5) is 11.1. The number of ether oxygens (including phenoxy) is 2. The van der Waals surface area contributed by atoms with Gasteiger partial charge in [-0.15, -0.1) is 0 Å². The fourth-order valence-corrected chi connectivity index (χ4v) is 3.80. The Morgan fingerprint density at radius 3 is 2.62 bits per heavy atom. The molecule has 5 nitrogen and oxygen atoms in total. The Labute approximate surface area is 184 Å². The monoisotopic (exact) mass is 443 g/mol. The molecular weight excluding hydrogens is 419 g/mol. The zero-order valence-electron chi connectivity index (χ0n) is 17.7. The fraction of sp³-hybridized carbons (Fsp3) is 0.333. The van der Waals surface area contributed by atoms with Gasteiger partial charge in [0.1, 0.15) is 11.9 Å². The standard InChI is InChI=1S/C24H24F3N3O2/c1-31-20-7-5-17(6-8-20)9-12-30-13-14-32-21(16-30)23-22(28-10-11-29-23)18-3-2-4-19(15-18)24(25,26)27/h2-8,10-11,15,21H,9,12-14,16H2,1H3/t21-/m0/s1. The Kier molecular flexibility index (Phi) is 6.72. The van der Waals surface area contributed by atoms with E-state index in [0.29, 0.717) is 30.1 Å². The Bertz CT molecular complexity index is 1040. The van der Waals surface area contributed by atoms with E-state index in [-0.39, 0.29) is 6.10 Å². The van der Waals surface area contributed by atoms with Gasteiger partial charge in [0.15, 0.2) is 0 Å². The number of alkyl halides is 3. The van der Waals surface area contributed by atoms with Crippen LogP contribution in [0.4, 0.5) is 13.2 Å². The lowest BCUT2D eigenvalue weighted by Crippen LogP contribution is -2.39. The third kappa shape index (κ3) is 5.26. The van der Waals surface area contributed by atoms with Crippen LogP contribution in [0.2, 0.25) is 0 Å². The third-order valence-electron chi connectivity index (χ3n) is 5.52. The number of halogens is 3. The first-order chi connectivity index (χ1) is 15.4. The number of methoxy groups -OCH3 is 1. The maximum absolute atomic E-state index is 13.2. The van der Waals surface area contributed by atoms with E-state index in [9.17, 15) is 13.2 Å². The molecule has 1 aliphatic rings. The molecule has 3 aromatic rings. The second kappa shape index (κ2) is 9.67. The summed E-state index contributed by atoms with van der Waals surface area (Å²) < 4.78 is 50.7. The molecule has 0 bridgehead atoms. The van der Waals surface area contributed by atoms with E-state index in [1.54, 1.807) is 19.4 Å². The van der Waals surface area contributed by atoms with E-state index in [4.69, 9.17) is 9.47 Å². The SMILES string of the molecule is COc1ccc(CCN2CCO[C@H](c3nccnc3-c3cccc(C(F)(F)F)c3)C2)cc1. The fourth-order valence-electron chi connectivity index (χ4n) is 3.80. The summed E-state index contributed by atoms with van der Waals surface area (Å²) in [7, 11) is 1.64. The molecule has 1 aliphatic heterocycles. The van der Waals surface area contributed by atoms with Gasteiger partial charge in [0.25, 0.3) is 0 Å². The number of hydrogen-bond donors (Lipinski definition) is 0. The van der Waals surface area contributed by atoms with Gasteiger partial charge in [0, 0.05) is 37.6 Å². The maximum atomic E-state index is 13.2. The number of benzene rings is 2.